The van der Waals surface area contributed by atoms with Gasteiger partial charge in [0.25, 0.3) is 0 Å². The van der Waals surface area contributed by atoms with Crippen molar-refractivity contribution in [2.45, 2.75) is 51.1 Å². The molecular formula is C28H33N7O2. The molecule has 0 aliphatic heterocycles. The van der Waals surface area contributed by atoms with Crippen LogP contribution in [0.2, 0.25) is 0 Å². The Bertz CT molecular complexity index is 1430. The van der Waals surface area contributed by atoms with Crippen molar-refractivity contribution in [3.63, 3.8) is 0 Å². The second-order valence-electron chi connectivity index (χ2n) is 9.51. The Morgan fingerprint density at radius 2 is 2.05 bits per heavy atom. The van der Waals surface area contributed by atoms with E-state index in [1.54, 1.807) is 37.7 Å². The standard InChI is InChI=1S/C28H33N7O2/c1-3-17-11-22(36)8-9-24(17)34-28(30)23-15-32-35-16-19(18-7-10-26(37-2)31-14-18)12-25(35)27(23)33-21-6-4-5-20(29)13-21/h7-12,14-16,20-21,33,36H,3-6,13,29H2,1-2H3,(H2,30,34). The van der Waals surface area contributed by atoms with Crippen LogP contribution in [0, 0.1) is 0 Å². The molecule has 1 fully saturated rings. The number of nitrogens with one attached hydrogen (secondary N) is 1. The normalized spacial score (nSPS) is 18.2. The fourth-order valence-electron chi connectivity index (χ4n) is 4.95. The highest BCUT2D eigenvalue weighted by molar-refractivity contribution is 6.06. The zero-order chi connectivity index (χ0) is 25.9. The molecule has 1 saturated carbocycles. The van der Waals surface area contributed by atoms with Crippen molar-refractivity contribution in [2.24, 2.45) is 16.5 Å². The van der Waals surface area contributed by atoms with Gasteiger partial charge in [0.05, 0.1) is 35.8 Å². The molecule has 1 aliphatic carbocycles. The number of methoxy groups -OCH3 is 1. The summed E-state index contributed by atoms with van der Waals surface area (Å²) >= 11 is 0. The van der Waals surface area contributed by atoms with Gasteiger partial charge in [-0.2, -0.15) is 5.10 Å². The minimum Gasteiger partial charge on any atom is -0.508 e. The third-order valence-electron chi connectivity index (χ3n) is 6.94. The van der Waals surface area contributed by atoms with Gasteiger partial charge >= 0.3 is 0 Å². The number of aryl methyl sites for hydroxylation is 1. The molecule has 192 valence electrons. The highest BCUT2D eigenvalue weighted by Crippen LogP contribution is 2.32. The van der Waals surface area contributed by atoms with E-state index in [4.69, 9.17) is 21.2 Å². The molecular weight excluding hydrogens is 466 g/mol. The molecule has 0 bridgehead atoms. The van der Waals surface area contributed by atoms with E-state index in [1.165, 1.54) is 0 Å². The van der Waals surface area contributed by atoms with Crippen molar-refractivity contribution in [1.82, 2.24) is 14.6 Å². The quantitative estimate of drug-likeness (QED) is 0.219. The van der Waals surface area contributed by atoms with Gasteiger partial charge in [0.15, 0.2) is 0 Å². The van der Waals surface area contributed by atoms with Crippen molar-refractivity contribution in [3.8, 4) is 22.8 Å². The molecule has 9 nitrogen and oxygen atoms in total. The van der Waals surface area contributed by atoms with Gasteiger partial charge in [0, 0.05) is 41.7 Å². The monoisotopic (exact) mass is 499 g/mol. The predicted molar refractivity (Wildman–Crippen MR) is 147 cm³/mol. The molecule has 37 heavy (non-hydrogen) atoms. The lowest BCUT2D eigenvalue weighted by Crippen LogP contribution is -2.35. The van der Waals surface area contributed by atoms with Crippen LogP contribution in [0.3, 0.4) is 0 Å². The number of amidine groups is 1. The number of hydrogen-bond acceptors (Lipinski definition) is 7. The molecule has 9 heteroatoms. The summed E-state index contributed by atoms with van der Waals surface area (Å²) in [6.45, 7) is 2.02. The Morgan fingerprint density at radius 3 is 2.78 bits per heavy atom. The number of ether oxygens (including phenoxy) is 1. The number of anilines is 1. The molecule has 2 unspecified atom stereocenters. The van der Waals surface area contributed by atoms with Crippen LogP contribution in [0.25, 0.3) is 16.6 Å². The summed E-state index contributed by atoms with van der Waals surface area (Å²) in [5.74, 6) is 1.13. The molecule has 1 aliphatic rings. The van der Waals surface area contributed by atoms with Crippen LogP contribution in [0.5, 0.6) is 11.6 Å². The predicted octanol–water partition coefficient (Wildman–Crippen LogP) is 4.39. The summed E-state index contributed by atoms with van der Waals surface area (Å²) in [5.41, 5.74) is 19.0. The van der Waals surface area contributed by atoms with Crippen molar-refractivity contribution in [1.29, 1.82) is 0 Å². The van der Waals surface area contributed by atoms with Gasteiger partial charge in [0.1, 0.15) is 11.6 Å². The van der Waals surface area contributed by atoms with E-state index < -0.39 is 0 Å². The Morgan fingerprint density at radius 1 is 1.19 bits per heavy atom. The number of aromatic nitrogens is 3. The zero-order valence-electron chi connectivity index (χ0n) is 21.2. The highest BCUT2D eigenvalue weighted by Gasteiger charge is 2.23. The zero-order valence-corrected chi connectivity index (χ0v) is 21.2. The van der Waals surface area contributed by atoms with Gasteiger partial charge < -0.3 is 26.6 Å². The van der Waals surface area contributed by atoms with E-state index in [0.717, 1.165) is 71.2 Å². The van der Waals surface area contributed by atoms with Gasteiger partial charge in [0.2, 0.25) is 5.88 Å². The van der Waals surface area contributed by atoms with E-state index in [2.05, 4.69) is 21.5 Å². The number of aliphatic imine (C=N–C) groups is 1. The van der Waals surface area contributed by atoms with E-state index in [-0.39, 0.29) is 17.8 Å². The average Bonchev–Trinajstić information content (AvgIpc) is 3.35. The smallest absolute Gasteiger partial charge is 0.212 e. The number of phenols is 1. The van der Waals surface area contributed by atoms with E-state index >= 15 is 0 Å². The second-order valence-corrected chi connectivity index (χ2v) is 9.51. The van der Waals surface area contributed by atoms with Gasteiger partial charge in [-0.15, -0.1) is 0 Å². The lowest BCUT2D eigenvalue weighted by Gasteiger charge is -2.29. The average molecular weight is 500 g/mol. The summed E-state index contributed by atoms with van der Waals surface area (Å²) in [5, 5.41) is 18.3. The number of nitrogens with two attached hydrogens (primary N) is 2. The van der Waals surface area contributed by atoms with Crippen molar-refractivity contribution in [2.75, 3.05) is 12.4 Å². The van der Waals surface area contributed by atoms with Crippen LogP contribution < -0.4 is 21.5 Å². The lowest BCUT2D eigenvalue weighted by molar-refractivity contribution is 0.398. The Kier molecular flexibility index (Phi) is 6.96. The molecule has 0 radical (unpaired) electrons. The molecule has 0 spiro atoms. The van der Waals surface area contributed by atoms with Crippen molar-refractivity contribution < 1.29 is 9.84 Å². The SMILES string of the molecule is CCc1cc(O)ccc1N=C(N)c1cnn2cc(-c3ccc(OC)nc3)cc2c1NC1CCCC(N)C1. The molecule has 3 aromatic heterocycles. The third kappa shape index (κ3) is 5.22. The molecule has 4 aromatic rings. The summed E-state index contributed by atoms with van der Waals surface area (Å²) in [6.07, 6.45) is 10.3. The van der Waals surface area contributed by atoms with Crippen LogP contribution in [-0.2, 0) is 6.42 Å². The Balaban J connectivity index is 1.60. The van der Waals surface area contributed by atoms with E-state index in [9.17, 15) is 5.11 Å². The number of aromatic hydroxyl groups is 1. The number of phenolic OH excluding ortho intramolecular Hbond substituents is 1. The minimum atomic E-state index is 0.176. The van der Waals surface area contributed by atoms with Gasteiger partial charge in [-0.25, -0.2) is 14.5 Å². The summed E-state index contributed by atoms with van der Waals surface area (Å²) in [6, 6.07) is 11.4. The summed E-state index contributed by atoms with van der Waals surface area (Å²) < 4.78 is 7.05. The molecule has 0 amide bonds. The topological polar surface area (TPSA) is 136 Å². The molecule has 1 aromatic carbocycles. The first-order valence-corrected chi connectivity index (χ1v) is 12.7. The Labute approximate surface area is 216 Å². The lowest BCUT2D eigenvalue weighted by atomic mass is 9.91. The molecule has 0 saturated heterocycles. The first kappa shape index (κ1) is 24.6. The maximum absolute atomic E-state index is 9.89. The van der Waals surface area contributed by atoms with Gasteiger partial charge in [-0.1, -0.05) is 6.92 Å². The van der Waals surface area contributed by atoms with Crippen molar-refractivity contribution >= 4 is 22.7 Å². The number of nitrogens with zero attached hydrogens (tertiary/aromatic N) is 4. The fraction of sp³-hybridized carbons (Fsp3) is 0.321. The number of rotatable bonds is 7. The third-order valence-corrected chi connectivity index (χ3v) is 6.94. The van der Waals surface area contributed by atoms with Crippen molar-refractivity contribution in [3.05, 3.63) is 66.1 Å². The van der Waals surface area contributed by atoms with E-state index in [0.29, 0.717) is 11.7 Å². The maximum Gasteiger partial charge on any atom is 0.212 e. The van der Waals surface area contributed by atoms with E-state index in [1.807, 2.05) is 29.8 Å². The van der Waals surface area contributed by atoms with Crippen LogP contribution in [0.15, 0.2) is 60.0 Å². The fourth-order valence-corrected chi connectivity index (χ4v) is 4.95. The van der Waals surface area contributed by atoms with Gasteiger partial charge in [-0.05, 0) is 68.0 Å². The number of benzene rings is 1. The molecule has 3 heterocycles. The Hall–Kier alpha value is -4.11. The van der Waals surface area contributed by atoms with Crippen LogP contribution in [0.4, 0.5) is 11.4 Å². The van der Waals surface area contributed by atoms with Gasteiger partial charge in [-0.3, -0.25) is 0 Å². The minimum absolute atomic E-state index is 0.176. The summed E-state index contributed by atoms with van der Waals surface area (Å²) in [7, 11) is 1.60. The number of pyridine rings is 1. The number of hydrogen-bond donors (Lipinski definition) is 4. The highest BCUT2D eigenvalue weighted by atomic mass is 16.5. The molecule has 6 N–H and O–H groups in total. The second kappa shape index (κ2) is 10.5. The maximum atomic E-state index is 9.89. The largest absolute Gasteiger partial charge is 0.508 e. The molecule has 5 rings (SSSR count). The number of fused-ring (bicyclic) bond motifs is 1. The first-order valence-electron chi connectivity index (χ1n) is 12.7. The van der Waals surface area contributed by atoms with Crippen LogP contribution in [-0.4, -0.2) is 44.7 Å². The van der Waals surface area contributed by atoms with Crippen LogP contribution in [0.1, 0.15) is 43.7 Å². The molecule has 2 atom stereocenters. The first-order chi connectivity index (χ1) is 17.9. The van der Waals surface area contributed by atoms with Crippen LogP contribution >= 0.6 is 0 Å². The summed E-state index contributed by atoms with van der Waals surface area (Å²) in [4.78, 5) is 9.09.